The second-order valence-electron chi connectivity index (χ2n) is 9.12. The molecule has 1 amide bonds. The van der Waals surface area contributed by atoms with E-state index in [1.54, 1.807) is 43.3 Å². The van der Waals surface area contributed by atoms with E-state index in [-0.39, 0.29) is 11.3 Å². The van der Waals surface area contributed by atoms with E-state index in [1.807, 2.05) is 29.2 Å². The summed E-state index contributed by atoms with van der Waals surface area (Å²) in [5, 5.41) is 0.551. The molecule has 1 aliphatic heterocycles. The molecule has 32 heavy (non-hydrogen) atoms. The average molecular weight is 448 g/mol. The first-order chi connectivity index (χ1) is 15.1. The number of amides is 1. The van der Waals surface area contributed by atoms with E-state index in [4.69, 9.17) is 16.3 Å². The first-order valence-electron chi connectivity index (χ1n) is 10.6. The summed E-state index contributed by atoms with van der Waals surface area (Å²) in [6, 6.07) is 22.4. The molecule has 0 N–H and O–H groups in total. The van der Waals surface area contributed by atoms with Gasteiger partial charge >= 0.3 is 5.97 Å². The molecule has 5 heteroatoms. The zero-order chi connectivity index (χ0) is 23.1. The third-order valence-electron chi connectivity index (χ3n) is 6.21. The highest BCUT2D eigenvalue weighted by Gasteiger charge is 2.47. The third kappa shape index (κ3) is 3.91. The highest BCUT2D eigenvalue weighted by Crippen LogP contribution is 2.51. The molecule has 0 bridgehead atoms. The molecule has 0 aromatic heterocycles. The van der Waals surface area contributed by atoms with Crippen molar-refractivity contribution in [3.63, 3.8) is 0 Å². The minimum atomic E-state index is -0.475. The summed E-state index contributed by atoms with van der Waals surface area (Å²) in [7, 11) is 0. The Morgan fingerprint density at radius 1 is 0.938 bits per heavy atom. The number of fused-ring (bicyclic) bond motifs is 1. The molecule has 1 atom stereocenters. The van der Waals surface area contributed by atoms with E-state index in [2.05, 4.69) is 32.9 Å². The van der Waals surface area contributed by atoms with Crippen LogP contribution in [0.1, 0.15) is 55.6 Å². The summed E-state index contributed by atoms with van der Waals surface area (Å²) in [6.07, 6.45) is 0.764. The Kier molecular flexibility index (Phi) is 5.59. The number of carbonyl (C=O) groups is 2. The van der Waals surface area contributed by atoms with Gasteiger partial charge in [-0.15, -0.1) is 0 Å². The van der Waals surface area contributed by atoms with Gasteiger partial charge in [0.15, 0.2) is 0 Å². The van der Waals surface area contributed by atoms with Crippen LogP contribution in [-0.2, 0) is 10.2 Å². The Labute approximate surface area is 193 Å². The third-order valence-corrected chi connectivity index (χ3v) is 6.46. The summed E-state index contributed by atoms with van der Waals surface area (Å²) in [6.45, 7) is 7.93. The van der Waals surface area contributed by atoms with Crippen molar-refractivity contribution in [2.45, 2.75) is 45.1 Å². The molecule has 0 saturated heterocycles. The lowest BCUT2D eigenvalue weighted by molar-refractivity contribution is -0.117. The molecule has 0 fully saturated rings. The first kappa shape index (κ1) is 22.1. The molecular formula is C27H26ClNO3. The Morgan fingerprint density at radius 3 is 2.22 bits per heavy atom. The number of carbonyl (C=O) groups excluding carboxylic acids is 2. The van der Waals surface area contributed by atoms with Crippen molar-refractivity contribution >= 4 is 29.2 Å². The van der Waals surface area contributed by atoms with Crippen molar-refractivity contribution < 1.29 is 14.3 Å². The van der Waals surface area contributed by atoms with Crippen LogP contribution in [0.4, 0.5) is 5.69 Å². The Bertz CT molecular complexity index is 1170. The molecule has 164 valence electrons. The fraction of sp³-hybridized carbons (Fsp3) is 0.259. The monoisotopic (exact) mass is 447 g/mol. The zero-order valence-corrected chi connectivity index (χ0v) is 19.4. The lowest BCUT2D eigenvalue weighted by atomic mass is 9.65. The zero-order valence-electron chi connectivity index (χ0n) is 18.7. The van der Waals surface area contributed by atoms with Crippen molar-refractivity contribution in [2.24, 2.45) is 0 Å². The number of hydrogen-bond donors (Lipinski definition) is 0. The number of nitrogens with zero attached hydrogens (tertiary/aromatic N) is 1. The summed E-state index contributed by atoms with van der Waals surface area (Å²) in [5.74, 6) is -0.132. The van der Waals surface area contributed by atoms with Crippen LogP contribution in [0.15, 0.2) is 72.8 Å². The molecule has 4 rings (SSSR count). The van der Waals surface area contributed by atoms with Gasteiger partial charge < -0.3 is 9.64 Å². The normalized spacial score (nSPS) is 19.2. The molecule has 3 aromatic carbocycles. The smallest absolute Gasteiger partial charge is 0.343 e. The average Bonchev–Trinajstić information content (AvgIpc) is 2.73. The second-order valence-corrected chi connectivity index (χ2v) is 9.55. The fourth-order valence-electron chi connectivity index (χ4n) is 5.00. The maximum absolute atomic E-state index is 12.7. The molecule has 4 nitrogen and oxygen atoms in total. The number of halogens is 1. The van der Waals surface area contributed by atoms with E-state index in [9.17, 15) is 9.59 Å². The predicted octanol–water partition coefficient (Wildman–Crippen LogP) is 6.40. The van der Waals surface area contributed by atoms with Crippen molar-refractivity contribution in [3.8, 4) is 5.75 Å². The maximum Gasteiger partial charge on any atom is 0.343 e. The molecule has 0 spiro atoms. The van der Waals surface area contributed by atoms with Gasteiger partial charge in [-0.05, 0) is 61.7 Å². The molecule has 1 unspecified atom stereocenters. The summed E-state index contributed by atoms with van der Waals surface area (Å²) in [5.41, 5.74) is 2.66. The SMILES string of the molecule is CC(=O)N1c2cc(OC(=O)c3ccc(Cl)cc3)ccc2C(C)(c2ccccc2)CC1(C)C. The van der Waals surface area contributed by atoms with Gasteiger partial charge in [-0.25, -0.2) is 4.79 Å². The van der Waals surface area contributed by atoms with E-state index in [0.717, 1.165) is 17.7 Å². The lowest BCUT2D eigenvalue weighted by Gasteiger charge is -2.51. The lowest BCUT2D eigenvalue weighted by Crippen LogP contribution is -2.55. The van der Waals surface area contributed by atoms with Crippen molar-refractivity contribution in [3.05, 3.63) is 94.5 Å². The van der Waals surface area contributed by atoms with Gasteiger partial charge in [0.05, 0.1) is 11.3 Å². The number of benzene rings is 3. The van der Waals surface area contributed by atoms with Crippen LogP contribution in [0.3, 0.4) is 0 Å². The van der Waals surface area contributed by atoms with Crippen LogP contribution >= 0.6 is 11.6 Å². The number of anilines is 1. The van der Waals surface area contributed by atoms with Crippen LogP contribution in [-0.4, -0.2) is 17.4 Å². The number of ether oxygens (including phenoxy) is 1. The van der Waals surface area contributed by atoms with Gasteiger partial charge in [0, 0.05) is 29.0 Å². The Balaban J connectivity index is 1.80. The van der Waals surface area contributed by atoms with Gasteiger partial charge in [0.2, 0.25) is 5.91 Å². The van der Waals surface area contributed by atoms with Gasteiger partial charge in [0.25, 0.3) is 0 Å². The molecule has 0 aliphatic carbocycles. The van der Waals surface area contributed by atoms with E-state index >= 15 is 0 Å². The molecular weight excluding hydrogens is 422 g/mol. The van der Waals surface area contributed by atoms with Crippen LogP contribution < -0.4 is 9.64 Å². The van der Waals surface area contributed by atoms with Gasteiger partial charge in [-0.2, -0.15) is 0 Å². The van der Waals surface area contributed by atoms with Gasteiger partial charge in [0.1, 0.15) is 5.75 Å². The predicted molar refractivity (Wildman–Crippen MR) is 128 cm³/mol. The van der Waals surface area contributed by atoms with E-state index < -0.39 is 11.5 Å². The highest BCUT2D eigenvalue weighted by molar-refractivity contribution is 6.30. The molecule has 1 heterocycles. The second kappa shape index (κ2) is 8.10. The van der Waals surface area contributed by atoms with Gasteiger partial charge in [-0.3, -0.25) is 4.79 Å². The molecule has 3 aromatic rings. The van der Waals surface area contributed by atoms with Gasteiger partial charge in [-0.1, -0.05) is 54.9 Å². The number of esters is 1. The maximum atomic E-state index is 12.7. The minimum Gasteiger partial charge on any atom is -0.423 e. The topological polar surface area (TPSA) is 46.6 Å². The van der Waals surface area contributed by atoms with Crippen molar-refractivity contribution in [1.82, 2.24) is 0 Å². The molecule has 1 aliphatic rings. The fourth-order valence-corrected chi connectivity index (χ4v) is 5.13. The van der Waals surface area contributed by atoms with Crippen molar-refractivity contribution in [2.75, 3.05) is 4.90 Å². The minimum absolute atomic E-state index is 0.0486. The highest BCUT2D eigenvalue weighted by atomic mass is 35.5. The van der Waals surface area contributed by atoms with Crippen LogP contribution in [0.5, 0.6) is 5.75 Å². The standard InChI is InChI=1S/C27H26ClNO3/c1-18(30)29-24-16-22(32-25(31)19-10-12-21(28)13-11-19)14-15-23(24)27(4,17-26(29,2)3)20-8-6-5-7-9-20/h5-16H,17H2,1-4H3. The van der Waals surface area contributed by atoms with E-state index in [0.29, 0.717) is 16.3 Å². The van der Waals surface area contributed by atoms with Crippen LogP contribution in [0.25, 0.3) is 0 Å². The summed E-state index contributed by atoms with van der Waals surface area (Å²) in [4.78, 5) is 27.2. The summed E-state index contributed by atoms with van der Waals surface area (Å²) >= 11 is 5.92. The first-order valence-corrected chi connectivity index (χ1v) is 11.0. The van der Waals surface area contributed by atoms with E-state index in [1.165, 1.54) is 5.56 Å². The summed E-state index contributed by atoms with van der Waals surface area (Å²) < 4.78 is 5.66. The number of hydrogen-bond acceptors (Lipinski definition) is 3. The molecule has 0 saturated carbocycles. The van der Waals surface area contributed by atoms with Crippen LogP contribution in [0, 0.1) is 0 Å². The van der Waals surface area contributed by atoms with Crippen LogP contribution in [0.2, 0.25) is 5.02 Å². The Hall–Kier alpha value is -3.11. The Morgan fingerprint density at radius 2 is 1.59 bits per heavy atom. The largest absolute Gasteiger partial charge is 0.423 e. The number of rotatable bonds is 3. The molecule has 0 radical (unpaired) electrons. The quantitative estimate of drug-likeness (QED) is 0.344. The van der Waals surface area contributed by atoms with Crippen molar-refractivity contribution in [1.29, 1.82) is 0 Å².